The van der Waals surface area contributed by atoms with Crippen molar-refractivity contribution in [2.24, 2.45) is 0 Å². The largest absolute Gasteiger partial charge is 0.573 e. The number of aromatic nitrogens is 1. The molecule has 0 spiro atoms. The van der Waals surface area contributed by atoms with Gasteiger partial charge in [0.1, 0.15) is 12.4 Å². The summed E-state index contributed by atoms with van der Waals surface area (Å²) in [7, 11) is 0. The van der Waals surface area contributed by atoms with E-state index in [4.69, 9.17) is 10.00 Å². The molecule has 0 fully saturated rings. The first-order valence-electron chi connectivity index (χ1n) is 6.39. The Kier molecular flexibility index (Phi) is 4.91. The molecule has 0 saturated heterocycles. The maximum atomic E-state index is 12.5. The van der Waals surface area contributed by atoms with E-state index in [1.54, 1.807) is 25.1 Å². The molecular weight excluding hydrogens is 313 g/mol. The standard InChI is InChI=1S/C15H11F3N2O3/c1-10-4-2-7-14(20-10)21-8-11-12(22-9-19)5-3-6-13(11)23-15(16,17)18/h2-7H,8H2,1H3. The predicted octanol–water partition coefficient (Wildman–Crippen LogP) is 3.73. The smallest absolute Gasteiger partial charge is 0.472 e. The number of rotatable bonds is 5. The zero-order chi connectivity index (χ0) is 16.9. The van der Waals surface area contributed by atoms with Crippen molar-refractivity contribution in [1.29, 1.82) is 5.26 Å². The zero-order valence-electron chi connectivity index (χ0n) is 11.9. The van der Waals surface area contributed by atoms with Crippen LogP contribution < -0.4 is 14.2 Å². The summed E-state index contributed by atoms with van der Waals surface area (Å²) in [6, 6.07) is 8.74. The third kappa shape index (κ3) is 4.78. The third-order valence-corrected chi connectivity index (χ3v) is 2.70. The second kappa shape index (κ2) is 6.87. The van der Waals surface area contributed by atoms with Crippen LogP contribution in [0, 0.1) is 18.4 Å². The van der Waals surface area contributed by atoms with Gasteiger partial charge in [-0.25, -0.2) is 4.98 Å². The predicted molar refractivity (Wildman–Crippen MR) is 72.7 cm³/mol. The van der Waals surface area contributed by atoms with E-state index in [1.165, 1.54) is 18.4 Å². The average Bonchev–Trinajstić information content (AvgIpc) is 2.45. The van der Waals surface area contributed by atoms with Gasteiger partial charge in [-0.05, 0) is 25.1 Å². The first-order valence-corrected chi connectivity index (χ1v) is 6.39. The molecule has 5 nitrogen and oxygen atoms in total. The van der Waals surface area contributed by atoms with Crippen molar-refractivity contribution in [3.63, 3.8) is 0 Å². The fourth-order valence-electron chi connectivity index (χ4n) is 1.80. The van der Waals surface area contributed by atoms with Crippen LogP contribution in [-0.2, 0) is 6.61 Å². The number of halogens is 3. The number of hydrogen-bond acceptors (Lipinski definition) is 5. The number of nitriles is 1. The van der Waals surface area contributed by atoms with Crippen LogP contribution in [0.2, 0.25) is 0 Å². The van der Waals surface area contributed by atoms with Crippen LogP contribution in [0.25, 0.3) is 0 Å². The Morgan fingerprint density at radius 2 is 1.83 bits per heavy atom. The molecule has 0 unspecified atom stereocenters. The Morgan fingerprint density at radius 1 is 1.13 bits per heavy atom. The number of alkyl halides is 3. The summed E-state index contributed by atoms with van der Waals surface area (Å²) in [6.07, 6.45) is -3.46. The molecule has 0 atom stereocenters. The van der Waals surface area contributed by atoms with Gasteiger partial charge >= 0.3 is 6.36 Å². The van der Waals surface area contributed by atoms with E-state index in [1.807, 2.05) is 0 Å². The summed E-state index contributed by atoms with van der Waals surface area (Å²) in [5, 5.41) is 8.60. The molecule has 1 heterocycles. The molecule has 0 amide bonds. The third-order valence-electron chi connectivity index (χ3n) is 2.70. The van der Waals surface area contributed by atoms with Gasteiger partial charge in [0.25, 0.3) is 6.26 Å². The van der Waals surface area contributed by atoms with Crippen molar-refractivity contribution in [2.75, 3.05) is 0 Å². The highest BCUT2D eigenvalue weighted by molar-refractivity contribution is 5.45. The van der Waals surface area contributed by atoms with Gasteiger partial charge in [0.05, 0.1) is 5.56 Å². The van der Waals surface area contributed by atoms with E-state index < -0.39 is 12.1 Å². The number of aryl methyl sites for hydroxylation is 1. The van der Waals surface area contributed by atoms with Gasteiger partial charge in [0.15, 0.2) is 5.75 Å². The second-order valence-electron chi connectivity index (χ2n) is 4.38. The van der Waals surface area contributed by atoms with Gasteiger partial charge in [-0.1, -0.05) is 12.1 Å². The molecule has 0 radical (unpaired) electrons. The fourth-order valence-corrected chi connectivity index (χ4v) is 1.80. The minimum atomic E-state index is -4.87. The molecule has 0 aliphatic carbocycles. The fraction of sp³-hybridized carbons (Fsp3) is 0.200. The van der Waals surface area contributed by atoms with E-state index >= 15 is 0 Å². The summed E-state index contributed by atoms with van der Waals surface area (Å²) in [4.78, 5) is 4.08. The quantitative estimate of drug-likeness (QED) is 0.784. The zero-order valence-corrected chi connectivity index (χ0v) is 11.9. The number of benzene rings is 1. The lowest BCUT2D eigenvalue weighted by atomic mass is 10.2. The average molecular weight is 324 g/mol. The number of pyridine rings is 1. The lowest BCUT2D eigenvalue weighted by Crippen LogP contribution is -2.18. The van der Waals surface area contributed by atoms with Gasteiger partial charge in [-0.3, -0.25) is 0 Å². The summed E-state index contributed by atoms with van der Waals surface area (Å²) in [6.45, 7) is 1.44. The van der Waals surface area contributed by atoms with Crippen LogP contribution in [-0.4, -0.2) is 11.3 Å². The van der Waals surface area contributed by atoms with Crippen molar-refractivity contribution in [2.45, 2.75) is 19.9 Å². The lowest BCUT2D eigenvalue weighted by Gasteiger charge is -2.15. The maximum absolute atomic E-state index is 12.5. The van der Waals surface area contributed by atoms with Crippen LogP contribution in [0.5, 0.6) is 17.4 Å². The molecule has 0 aliphatic rings. The van der Waals surface area contributed by atoms with E-state index in [2.05, 4.69) is 14.5 Å². The number of nitrogens with zero attached hydrogens (tertiary/aromatic N) is 2. The van der Waals surface area contributed by atoms with Crippen molar-refractivity contribution < 1.29 is 27.4 Å². The van der Waals surface area contributed by atoms with Crippen molar-refractivity contribution in [1.82, 2.24) is 4.98 Å². The molecule has 0 saturated carbocycles. The molecule has 0 aliphatic heterocycles. The van der Waals surface area contributed by atoms with E-state index in [0.717, 1.165) is 6.07 Å². The first kappa shape index (κ1) is 16.4. The summed E-state index contributed by atoms with van der Waals surface area (Å²) in [5.74, 6) is -0.352. The Morgan fingerprint density at radius 3 is 2.48 bits per heavy atom. The Bertz CT molecular complexity index is 727. The summed E-state index contributed by atoms with van der Waals surface area (Å²) >= 11 is 0. The van der Waals surface area contributed by atoms with Gasteiger partial charge < -0.3 is 14.2 Å². The van der Waals surface area contributed by atoms with Crippen LogP contribution >= 0.6 is 0 Å². The van der Waals surface area contributed by atoms with Crippen LogP contribution in [0.3, 0.4) is 0 Å². The molecule has 0 N–H and O–H groups in total. The summed E-state index contributed by atoms with van der Waals surface area (Å²) < 4.78 is 51.4. The van der Waals surface area contributed by atoms with Crippen molar-refractivity contribution >= 4 is 0 Å². The molecule has 1 aromatic carbocycles. The van der Waals surface area contributed by atoms with E-state index in [-0.39, 0.29) is 23.8 Å². The second-order valence-corrected chi connectivity index (χ2v) is 4.38. The number of ether oxygens (including phenoxy) is 3. The van der Waals surface area contributed by atoms with Gasteiger partial charge in [-0.15, -0.1) is 18.4 Å². The molecule has 2 aromatic rings. The summed E-state index contributed by atoms with van der Waals surface area (Å²) in [5.41, 5.74) is 0.644. The molecule has 120 valence electrons. The highest BCUT2D eigenvalue weighted by Gasteiger charge is 2.32. The van der Waals surface area contributed by atoms with Crippen molar-refractivity contribution in [3.05, 3.63) is 47.7 Å². The highest BCUT2D eigenvalue weighted by Crippen LogP contribution is 2.33. The normalized spacial score (nSPS) is 10.7. The van der Waals surface area contributed by atoms with Crippen LogP contribution in [0.4, 0.5) is 13.2 Å². The molecule has 2 rings (SSSR count). The van der Waals surface area contributed by atoms with E-state index in [9.17, 15) is 13.2 Å². The molecule has 0 bridgehead atoms. The highest BCUT2D eigenvalue weighted by atomic mass is 19.4. The molecule has 1 aromatic heterocycles. The van der Waals surface area contributed by atoms with Gasteiger partial charge in [-0.2, -0.15) is 0 Å². The number of hydrogen-bond donors (Lipinski definition) is 0. The first-order chi connectivity index (χ1) is 10.9. The van der Waals surface area contributed by atoms with Gasteiger partial charge in [0, 0.05) is 11.8 Å². The minimum absolute atomic E-state index is 0.0466. The van der Waals surface area contributed by atoms with Gasteiger partial charge in [0.2, 0.25) is 5.88 Å². The van der Waals surface area contributed by atoms with E-state index in [0.29, 0.717) is 5.69 Å². The molecular formula is C15H11F3N2O3. The Balaban J connectivity index is 2.28. The monoisotopic (exact) mass is 324 g/mol. The molecule has 8 heteroatoms. The topological polar surface area (TPSA) is 64.4 Å². The minimum Gasteiger partial charge on any atom is -0.472 e. The Hall–Kier alpha value is -2.95. The molecule has 23 heavy (non-hydrogen) atoms. The van der Waals surface area contributed by atoms with Crippen LogP contribution in [0.15, 0.2) is 36.4 Å². The van der Waals surface area contributed by atoms with Crippen LogP contribution in [0.1, 0.15) is 11.3 Å². The lowest BCUT2D eigenvalue weighted by molar-refractivity contribution is -0.275. The Labute approximate surface area is 129 Å². The SMILES string of the molecule is Cc1cccc(OCc2c(OC#N)cccc2OC(F)(F)F)n1. The van der Waals surface area contributed by atoms with Crippen molar-refractivity contribution in [3.8, 4) is 23.6 Å². The maximum Gasteiger partial charge on any atom is 0.573 e.